The first-order valence-electron chi connectivity index (χ1n) is 11.8. The highest BCUT2D eigenvalue weighted by Gasteiger charge is 2.43. The molecule has 0 N–H and O–H groups in total. The fraction of sp³-hybridized carbons (Fsp3) is 0.414. The van der Waals surface area contributed by atoms with Crippen LogP contribution in [-0.4, -0.2) is 24.3 Å². The minimum absolute atomic E-state index is 0.0368. The Morgan fingerprint density at radius 2 is 1.24 bits per heavy atom. The first kappa shape index (κ1) is 25.0. The van der Waals surface area contributed by atoms with Crippen LogP contribution in [0.1, 0.15) is 52.7 Å². The lowest BCUT2D eigenvalue weighted by Crippen LogP contribution is -2.55. The van der Waals surface area contributed by atoms with Gasteiger partial charge in [-0.1, -0.05) is 93.5 Å². The molecule has 0 radical (unpaired) electrons. The van der Waals surface area contributed by atoms with Gasteiger partial charge in [0.15, 0.2) is 0 Å². The summed E-state index contributed by atoms with van der Waals surface area (Å²) < 4.78 is 7.85. The Bertz CT molecular complexity index is 1140. The summed E-state index contributed by atoms with van der Waals surface area (Å²) in [5.41, 5.74) is 6.00. The van der Waals surface area contributed by atoms with Crippen molar-refractivity contribution in [1.29, 1.82) is 0 Å². The Morgan fingerprint density at radius 3 is 1.67 bits per heavy atom. The number of nitrogens with zero attached hydrogens (tertiary/aromatic N) is 1. The fourth-order valence-electron chi connectivity index (χ4n) is 3.87. The topological polar surface area (TPSA) is 31.2 Å². The predicted octanol–water partition coefficient (Wildman–Crippen LogP) is 7.94. The quantitative estimate of drug-likeness (QED) is 0.371. The number of carbonyl (C=O) groups excluding carboxylic acids is 1. The monoisotopic (exact) mass is 461 g/mol. The first-order chi connectivity index (χ1) is 15.1. The van der Waals surface area contributed by atoms with Gasteiger partial charge in [-0.2, -0.15) is 0 Å². The largest absolute Gasteiger partial charge is 0.443 e. The van der Waals surface area contributed by atoms with Crippen molar-refractivity contribution in [1.82, 2.24) is 4.57 Å². The van der Waals surface area contributed by atoms with E-state index in [1.807, 2.05) is 25.3 Å². The van der Waals surface area contributed by atoms with Gasteiger partial charge < -0.3 is 4.74 Å². The van der Waals surface area contributed by atoms with E-state index < -0.39 is 13.7 Å². The Morgan fingerprint density at radius 1 is 0.788 bits per heavy atom. The molecule has 1 heterocycles. The van der Waals surface area contributed by atoms with Crippen molar-refractivity contribution in [2.45, 2.75) is 79.1 Å². The average Bonchev–Trinajstić information content (AvgIpc) is 3.08. The van der Waals surface area contributed by atoms with Gasteiger partial charge in [0.2, 0.25) is 0 Å². The van der Waals surface area contributed by atoms with Gasteiger partial charge in [0, 0.05) is 5.32 Å². The lowest BCUT2D eigenvalue weighted by molar-refractivity contribution is 0.0544. The van der Waals surface area contributed by atoms with E-state index in [1.54, 1.807) is 0 Å². The Balaban J connectivity index is 2.43. The lowest BCUT2D eigenvalue weighted by Gasteiger charge is -2.38. The minimum Gasteiger partial charge on any atom is -0.443 e. The molecular weight excluding hydrogens is 422 g/mol. The van der Waals surface area contributed by atoms with Gasteiger partial charge >= 0.3 is 6.09 Å². The standard InChI is InChI=1S/C29H39NO2Si/c1-20-11-15-22(16-12-20)24-19-25(23-17-13-21(2)14-18-23)30(27(31)32-28(3,4)5)26(24)33(9,10)29(6,7)8/h11-19H,1-10H3. The van der Waals surface area contributed by atoms with Crippen molar-refractivity contribution in [3.8, 4) is 22.4 Å². The van der Waals surface area contributed by atoms with Gasteiger partial charge in [-0.25, -0.2) is 4.79 Å². The van der Waals surface area contributed by atoms with E-state index >= 15 is 0 Å². The third kappa shape index (κ3) is 5.16. The summed E-state index contributed by atoms with van der Waals surface area (Å²) >= 11 is 0. The molecule has 176 valence electrons. The highest BCUT2D eigenvalue weighted by molar-refractivity contribution is 6.92. The molecule has 4 heteroatoms. The molecule has 0 atom stereocenters. The molecule has 0 aliphatic carbocycles. The van der Waals surface area contributed by atoms with Crippen LogP contribution in [0.25, 0.3) is 22.4 Å². The fourth-order valence-corrected chi connectivity index (χ4v) is 6.24. The van der Waals surface area contributed by atoms with Gasteiger partial charge in [-0.3, -0.25) is 4.57 Å². The summed E-state index contributed by atoms with van der Waals surface area (Å²) in [6, 6.07) is 19.2. The third-order valence-electron chi connectivity index (χ3n) is 6.75. The first-order valence-corrected chi connectivity index (χ1v) is 14.8. The van der Waals surface area contributed by atoms with Crippen LogP contribution in [0.3, 0.4) is 0 Å². The molecule has 0 bridgehead atoms. The zero-order valence-corrected chi connectivity index (χ0v) is 23.0. The van der Waals surface area contributed by atoms with Gasteiger partial charge in [-0.05, 0) is 62.4 Å². The summed E-state index contributed by atoms with van der Waals surface area (Å²) in [5, 5.41) is 1.15. The van der Waals surface area contributed by atoms with Crippen LogP contribution < -0.4 is 5.32 Å². The van der Waals surface area contributed by atoms with Crippen LogP contribution in [-0.2, 0) is 4.74 Å². The summed E-state index contributed by atoms with van der Waals surface area (Å²) in [6.45, 7) is 21.5. The number of hydrogen-bond acceptors (Lipinski definition) is 2. The second-order valence-electron chi connectivity index (χ2n) is 11.7. The van der Waals surface area contributed by atoms with Crippen molar-refractivity contribution >= 4 is 19.5 Å². The average molecular weight is 462 g/mol. The van der Waals surface area contributed by atoms with Crippen molar-refractivity contribution in [2.75, 3.05) is 0 Å². The Labute approximate surface area is 200 Å². The molecule has 0 unspecified atom stereocenters. The molecule has 0 saturated heterocycles. The molecule has 33 heavy (non-hydrogen) atoms. The lowest BCUT2D eigenvalue weighted by atomic mass is 10.1. The van der Waals surface area contributed by atoms with Crippen LogP contribution >= 0.6 is 0 Å². The molecule has 0 fully saturated rings. The van der Waals surface area contributed by atoms with E-state index in [0.29, 0.717) is 0 Å². The van der Waals surface area contributed by atoms with Crippen molar-refractivity contribution < 1.29 is 9.53 Å². The molecule has 3 rings (SSSR count). The second kappa shape index (κ2) is 8.64. The number of ether oxygens (including phenoxy) is 1. The zero-order chi connectivity index (χ0) is 24.8. The van der Waals surface area contributed by atoms with Gasteiger partial charge in [0.25, 0.3) is 0 Å². The molecule has 0 aliphatic heterocycles. The number of aromatic nitrogens is 1. The highest BCUT2D eigenvalue weighted by Crippen LogP contribution is 2.40. The molecule has 3 aromatic rings. The summed E-state index contributed by atoms with van der Waals surface area (Å²) in [5.74, 6) is 0. The minimum atomic E-state index is -2.17. The Kier molecular flexibility index (Phi) is 6.56. The molecule has 2 aromatic carbocycles. The van der Waals surface area contributed by atoms with Crippen molar-refractivity contribution in [3.05, 3.63) is 65.7 Å². The van der Waals surface area contributed by atoms with Crippen LogP contribution in [0.5, 0.6) is 0 Å². The molecule has 0 spiro atoms. The summed E-state index contributed by atoms with van der Waals surface area (Å²) in [4.78, 5) is 13.8. The normalized spacial score (nSPS) is 12.7. The van der Waals surface area contributed by atoms with E-state index in [-0.39, 0.29) is 11.1 Å². The van der Waals surface area contributed by atoms with Crippen molar-refractivity contribution in [2.24, 2.45) is 0 Å². The summed E-state index contributed by atoms with van der Waals surface area (Å²) in [7, 11) is -2.17. The maximum absolute atomic E-state index is 13.8. The SMILES string of the molecule is Cc1ccc(-c2cc(-c3ccc(C)cc3)n(C(=O)OC(C)(C)C)c2[Si](C)(C)C(C)(C)C)cc1. The molecule has 1 aromatic heterocycles. The van der Waals surface area contributed by atoms with E-state index in [0.717, 1.165) is 27.7 Å². The molecule has 3 nitrogen and oxygen atoms in total. The van der Waals surface area contributed by atoms with E-state index in [1.165, 1.54) is 11.1 Å². The molecule has 0 saturated carbocycles. The maximum Gasteiger partial charge on any atom is 0.418 e. The Hall–Kier alpha value is -2.59. The maximum atomic E-state index is 13.8. The molecule has 0 aliphatic rings. The van der Waals surface area contributed by atoms with Crippen LogP contribution in [0.2, 0.25) is 18.1 Å². The van der Waals surface area contributed by atoms with E-state index in [4.69, 9.17) is 4.74 Å². The smallest absolute Gasteiger partial charge is 0.418 e. The number of hydrogen-bond donors (Lipinski definition) is 0. The zero-order valence-electron chi connectivity index (χ0n) is 22.0. The number of rotatable bonds is 3. The van der Waals surface area contributed by atoms with Gasteiger partial charge in [-0.15, -0.1) is 0 Å². The van der Waals surface area contributed by atoms with E-state index in [2.05, 4.69) is 102 Å². The van der Waals surface area contributed by atoms with Crippen LogP contribution in [0, 0.1) is 13.8 Å². The van der Waals surface area contributed by atoms with Crippen molar-refractivity contribution in [3.63, 3.8) is 0 Å². The predicted molar refractivity (Wildman–Crippen MR) is 143 cm³/mol. The highest BCUT2D eigenvalue weighted by atomic mass is 28.3. The second-order valence-corrected chi connectivity index (χ2v) is 16.9. The summed E-state index contributed by atoms with van der Waals surface area (Å²) in [6.07, 6.45) is -0.309. The van der Waals surface area contributed by atoms with Crippen LogP contribution in [0.4, 0.5) is 4.79 Å². The number of carbonyl (C=O) groups is 1. The van der Waals surface area contributed by atoms with Gasteiger partial charge in [0.1, 0.15) is 13.7 Å². The molecular formula is C29H39NO2Si. The number of benzene rings is 2. The van der Waals surface area contributed by atoms with E-state index in [9.17, 15) is 4.79 Å². The van der Waals surface area contributed by atoms with Crippen LogP contribution in [0.15, 0.2) is 54.6 Å². The molecule has 0 amide bonds. The number of aryl methyl sites for hydroxylation is 2. The van der Waals surface area contributed by atoms with Gasteiger partial charge in [0.05, 0.1) is 5.69 Å². The third-order valence-corrected chi connectivity index (χ3v) is 12.2.